The average Bonchev–Trinajstić information content (AvgIpc) is 3.03. The summed E-state index contributed by atoms with van der Waals surface area (Å²) in [6.07, 6.45) is 12.4. The summed E-state index contributed by atoms with van der Waals surface area (Å²) < 4.78 is 0. The Labute approximate surface area is 205 Å². The lowest BCUT2D eigenvalue weighted by Gasteiger charge is -2.59. The molecule has 0 aromatic heterocycles. The highest BCUT2D eigenvalue weighted by molar-refractivity contribution is 5.85. The molecular weight excluding hydrogens is 424 g/mol. The minimum absolute atomic E-state index is 0.0978. The molecule has 0 spiro atoms. The van der Waals surface area contributed by atoms with E-state index in [1.165, 1.54) is 16.7 Å². The number of carboxylic acids is 2. The quantitative estimate of drug-likeness (QED) is 0.282. The van der Waals surface area contributed by atoms with E-state index in [9.17, 15) is 14.7 Å². The fraction of sp³-hybridized carbons (Fsp3) is 0.667. The van der Waals surface area contributed by atoms with Gasteiger partial charge >= 0.3 is 11.9 Å². The lowest BCUT2D eigenvalue weighted by atomic mass is 9.45. The number of fused-ring (bicyclic) bond motifs is 3. The van der Waals surface area contributed by atoms with E-state index < -0.39 is 11.9 Å². The highest BCUT2D eigenvalue weighted by Crippen LogP contribution is 2.70. The molecule has 5 atom stereocenters. The summed E-state index contributed by atoms with van der Waals surface area (Å²) in [6.45, 7) is 17.5. The predicted molar refractivity (Wildman–Crippen MR) is 137 cm³/mol. The summed E-state index contributed by atoms with van der Waals surface area (Å²) in [5.74, 6) is -0.748. The van der Waals surface area contributed by atoms with Crippen molar-refractivity contribution in [1.82, 2.24) is 0 Å². The van der Waals surface area contributed by atoms with E-state index in [2.05, 4.69) is 47.3 Å². The number of carboxylic acid groups (broad SMARTS) is 2. The molecule has 0 heterocycles. The summed E-state index contributed by atoms with van der Waals surface area (Å²) in [4.78, 5) is 22.6. The van der Waals surface area contributed by atoms with Gasteiger partial charge in [0.2, 0.25) is 0 Å². The first-order valence-corrected chi connectivity index (χ1v) is 12.9. The van der Waals surface area contributed by atoms with E-state index in [0.29, 0.717) is 23.8 Å². The van der Waals surface area contributed by atoms with Crippen molar-refractivity contribution in [2.45, 2.75) is 99.3 Å². The van der Waals surface area contributed by atoms with Crippen LogP contribution in [-0.4, -0.2) is 22.2 Å². The number of hydrogen-bond donors (Lipinski definition) is 2. The van der Waals surface area contributed by atoms with E-state index in [-0.39, 0.29) is 22.7 Å². The molecule has 3 aliphatic rings. The number of rotatable bonds is 8. The molecule has 4 heteroatoms. The summed E-state index contributed by atoms with van der Waals surface area (Å²) in [5.41, 5.74) is 6.19. The summed E-state index contributed by atoms with van der Waals surface area (Å²) >= 11 is 0. The highest BCUT2D eigenvalue weighted by Gasteiger charge is 2.61. The molecule has 0 radical (unpaired) electrons. The fourth-order valence-corrected chi connectivity index (χ4v) is 7.86. The molecule has 4 nitrogen and oxygen atoms in total. The zero-order chi connectivity index (χ0) is 25.5. The zero-order valence-corrected chi connectivity index (χ0v) is 22.1. The van der Waals surface area contributed by atoms with Crippen LogP contribution in [0.15, 0.2) is 46.6 Å². The van der Waals surface area contributed by atoms with Gasteiger partial charge in [0.15, 0.2) is 0 Å². The molecule has 3 rings (SSSR count). The Morgan fingerprint density at radius 3 is 2.38 bits per heavy atom. The number of allylic oxidation sites excluding steroid dienone is 6. The van der Waals surface area contributed by atoms with Crippen molar-refractivity contribution in [1.29, 1.82) is 0 Å². The molecule has 0 aromatic rings. The first kappa shape index (κ1) is 26.5. The van der Waals surface area contributed by atoms with Gasteiger partial charge in [-0.25, -0.2) is 4.79 Å². The largest absolute Gasteiger partial charge is 0.481 e. The van der Waals surface area contributed by atoms with E-state index in [1.807, 2.05) is 6.08 Å². The van der Waals surface area contributed by atoms with Crippen LogP contribution in [0.2, 0.25) is 0 Å². The highest BCUT2D eigenvalue weighted by atomic mass is 16.4. The lowest BCUT2D eigenvalue weighted by Crippen LogP contribution is -2.50. The molecule has 0 saturated heterocycles. The average molecular weight is 469 g/mol. The molecule has 2 N–H and O–H groups in total. The Balaban J connectivity index is 1.96. The van der Waals surface area contributed by atoms with E-state index in [4.69, 9.17) is 5.11 Å². The number of carbonyl (C=O) groups is 2. The van der Waals surface area contributed by atoms with Crippen molar-refractivity contribution >= 4 is 11.9 Å². The van der Waals surface area contributed by atoms with Crippen molar-refractivity contribution in [3.05, 3.63) is 46.6 Å². The molecule has 0 amide bonds. The molecule has 0 aromatic carbocycles. The van der Waals surface area contributed by atoms with Crippen LogP contribution in [0, 0.1) is 28.1 Å². The van der Waals surface area contributed by atoms with Crippen LogP contribution in [0.3, 0.4) is 0 Å². The lowest BCUT2D eigenvalue weighted by molar-refractivity contribution is -0.138. The predicted octanol–water partition coefficient (Wildman–Crippen LogP) is 7.72. The molecule has 1 unspecified atom stereocenters. The van der Waals surface area contributed by atoms with Crippen LogP contribution in [0.5, 0.6) is 0 Å². The van der Waals surface area contributed by atoms with Crippen LogP contribution in [0.4, 0.5) is 0 Å². The van der Waals surface area contributed by atoms with Gasteiger partial charge in [-0.1, -0.05) is 61.8 Å². The maximum atomic E-state index is 11.5. The van der Waals surface area contributed by atoms with Crippen molar-refractivity contribution in [2.75, 3.05) is 0 Å². The van der Waals surface area contributed by atoms with Gasteiger partial charge in [-0.05, 0) is 100 Å². The minimum atomic E-state index is -0.841. The van der Waals surface area contributed by atoms with Crippen LogP contribution in [0.1, 0.15) is 99.3 Å². The van der Waals surface area contributed by atoms with Gasteiger partial charge in [-0.15, -0.1) is 0 Å². The Bertz CT molecular complexity index is 966. The van der Waals surface area contributed by atoms with Crippen molar-refractivity contribution < 1.29 is 19.8 Å². The molecular formula is C30H44O4. The topological polar surface area (TPSA) is 74.6 Å². The molecule has 0 aliphatic heterocycles. The van der Waals surface area contributed by atoms with E-state index in [1.54, 1.807) is 12.5 Å². The molecule has 34 heavy (non-hydrogen) atoms. The Morgan fingerprint density at radius 2 is 1.79 bits per heavy atom. The van der Waals surface area contributed by atoms with Gasteiger partial charge in [-0.2, -0.15) is 0 Å². The zero-order valence-electron chi connectivity index (χ0n) is 22.1. The Hall–Kier alpha value is -2.10. The molecule has 0 bridgehead atoms. The summed E-state index contributed by atoms with van der Waals surface area (Å²) in [5, 5.41) is 18.6. The van der Waals surface area contributed by atoms with Gasteiger partial charge < -0.3 is 10.2 Å². The maximum absolute atomic E-state index is 11.5. The first-order chi connectivity index (χ1) is 15.8. The molecule has 2 saturated carbocycles. The maximum Gasteiger partial charge on any atom is 0.330 e. The second-order valence-corrected chi connectivity index (χ2v) is 11.9. The van der Waals surface area contributed by atoms with E-state index in [0.717, 1.165) is 44.9 Å². The van der Waals surface area contributed by atoms with Crippen LogP contribution >= 0.6 is 0 Å². The van der Waals surface area contributed by atoms with E-state index >= 15 is 0 Å². The normalized spacial score (nSPS) is 36.9. The monoisotopic (exact) mass is 468 g/mol. The van der Waals surface area contributed by atoms with Crippen LogP contribution < -0.4 is 0 Å². The third-order valence-electron chi connectivity index (χ3n) is 10.1. The summed E-state index contributed by atoms with van der Waals surface area (Å²) in [7, 11) is 0. The van der Waals surface area contributed by atoms with Gasteiger partial charge in [0, 0.05) is 12.0 Å². The number of hydrogen-bond acceptors (Lipinski definition) is 2. The Kier molecular flexibility index (Phi) is 7.41. The molecule has 188 valence electrons. The fourth-order valence-electron chi connectivity index (χ4n) is 7.86. The van der Waals surface area contributed by atoms with Gasteiger partial charge in [0.05, 0.1) is 0 Å². The SMILES string of the molecule is C=C(C)[C@@H]1CCC2C(=CC[C@]3(C)C(=C(C)CCC=C(C)C(=O)O)CC[C@@]23C)[C@@]1(C)CCC(=O)O. The van der Waals surface area contributed by atoms with Crippen molar-refractivity contribution in [3.8, 4) is 0 Å². The minimum Gasteiger partial charge on any atom is -0.481 e. The third kappa shape index (κ3) is 4.33. The Morgan fingerprint density at radius 1 is 1.12 bits per heavy atom. The van der Waals surface area contributed by atoms with Crippen molar-refractivity contribution in [2.24, 2.45) is 28.1 Å². The van der Waals surface area contributed by atoms with Gasteiger partial charge in [0.25, 0.3) is 0 Å². The number of aliphatic carboxylic acids is 2. The second-order valence-electron chi connectivity index (χ2n) is 11.9. The van der Waals surface area contributed by atoms with Crippen LogP contribution in [-0.2, 0) is 9.59 Å². The molecule has 2 fully saturated rings. The first-order valence-electron chi connectivity index (χ1n) is 12.9. The smallest absolute Gasteiger partial charge is 0.330 e. The molecule has 3 aliphatic carbocycles. The van der Waals surface area contributed by atoms with Gasteiger partial charge in [-0.3, -0.25) is 4.79 Å². The van der Waals surface area contributed by atoms with Crippen LogP contribution in [0.25, 0.3) is 0 Å². The van der Waals surface area contributed by atoms with Gasteiger partial charge in [0.1, 0.15) is 0 Å². The van der Waals surface area contributed by atoms with Crippen molar-refractivity contribution in [3.63, 3.8) is 0 Å². The second kappa shape index (κ2) is 9.51. The summed E-state index contributed by atoms with van der Waals surface area (Å²) in [6, 6.07) is 0. The third-order valence-corrected chi connectivity index (χ3v) is 10.1. The standard InChI is InChI=1S/C30H44O4/c1-19(2)22-11-12-25-24(28(22,5)16-15-26(31)32)14-18-29(6)23(13-17-30(25,29)7)20(3)9-8-10-21(4)27(33)34/h10,14,22,25H,1,8-9,11-13,15-18H2,2-7H3,(H,31,32)(H,33,34)/t22-,25?,28-,29+,30-/m0/s1.